The number of rotatable bonds is 3. The fraction of sp³-hybridized carbons (Fsp3) is 0.357. The quantitative estimate of drug-likeness (QED) is 0.792. The lowest BCUT2D eigenvalue weighted by Crippen LogP contribution is -2.03. The summed E-state index contributed by atoms with van der Waals surface area (Å²) in [5, 5.41) is 4.16. The highest BCUT2D eigenvalue weighted by Gasteiger charge is 2.15. The minimum Gasteiger partial charge on any atom is -0.464 e. The van der Waals surface area contributed by atoms with Crippen LogP contribution < -0.4 is 0 Å². The van der Waals surface area contributed by atoms with Crippen molar-refractivity contribution in [3.05, 3.63) is 35.3 Å². The summed E-state index contributed by atoms with van der Waals surface area (Å²) in [6.45, 7) is 4.10. The Balaban J connectivity index is 2.47. The fourth-order valence-electron chi connectivity index (χ4n) is 2.00. The Morgan fingerprint density at radius 1 is 1.42 bits per heavy atom. The summed E-state index contributed by atoms with van der Waals surface area (Å²) < 4.78 is 6.35. The van der Waals surface area contributed by atoms with Crippen LogP contribution in [0.15, 0.2) is 18.3 Å². The molecule has 0 unspecified atom stereocenters. The highest BCUT2D eigenvalue weighted by molar-refractivity contribution is 5.88. The molecule has 2 heterocycles. The second-order valence-corrected chi connectivity index (χ2v) is 4.37. The number of aromatic nitrogens is 3. The molecule has 0 fully saturated rings. The van der Waals surface area contributed by atoms with E-state index in [4.69, 9.17) is 0 Å². The first-order chi connectivity index (χ1) is 9.06. The molecule has 0 aliphatic heterocycles. The van der Waals surface area contributed by atoms with Crippen molar-refractivity contribution in [3.8, 4) is 11.3 Å². The summed E-state index contributed by atoms with van der Waals surface area (Å²) in [7, 11) is 3.15. The lowest BCUT2D eigenvalue weighted by molar-refractivity contribution is 0.0593. The molecule has 0 aromatic carbocycles. The molecule has 2 rings (SSSR count). The van der Waals surface area contributed by atoms with Crippen LogP contribution in [0.3, 0.4) is 0 Å². The van der Waals surface area contributed by atoms with E-state index < -0.39 is 5.97 Å². The van der Waals surface area contributed by atoms with E-state index in [-0.39, 0.29) is 0 Å². The molecule has 2 aromatic heterocycles. The van der Waals surface area contributed by atoms with Gasteiger partial charge in [0.05, 0.1) is 12.8 Å². The van der Waals surface area contributed by atoms with Crippen molar-refractivity contribution in [1.82, 2.24) is 14.8 Å². The number of aryl methyl sites for hydroxylation is 3. The predicted octanol–water partition coefficient (Wildman–Crippen LogP) is 2.14. The van der Waals surface area contributed by atoms with Gasteiger partial charge in [0.2, 0.25) is 0 Å². The molecule has 0 bridgehead atoms. The normalized spacial score (nSPS) is 10.5. The summed E-state index contributed by atoms with van der Waals surface area (Å²) in [5.41, 5.74) is 4.30. The van der Waals surface area contributed by atoms with Gasteiger partial charge in [-0.2, -0.15) is 5.10 Å². The van der Waals surface area contributed by atoms with Gasteiger partial charge in [0.1, 0.15) is 0 Å². The molecule has 100 valence electrons. The van der Waals surface area contributed by atoms with Crippen molar-refractivity contribution >= 4 is 5.97 Å². The summed E-state index contributed by atoms with van der Waals surface area (Å²) in [4.78, 5) is 15.9. The van der Waals surface area contributed by atoms with Gasteiger partial charge in [0.25, 0.3) is 0 Å². The van der Waals surface area contributed by atoms with Crippen LogP contribution in [-0.4, -0.2) is 27.8 Å². The van der Waals surface area contributed by atoms with Crippen LogP contribution in [0, 0.1) is 6.92 Å². The average Bonchev–Trinajstić information content (AvgIpc) is 2.79. The Morgan fingerprint density at radius 2 is 2.16 bits per heavy atom. The Kier molecular flexibility index (Phi) is 3.64. The van der Waals surface area contributed by atoms with E-state index in [1.165, 1.54) is 7.11 Å². The Hall–Kier alpha value is -2.17. The van der Waals surface area contributed by atoms with E-state index in [9.17, 15) is 4.79 Å². The Labute approximate surface area is 112 Å². The zero-order valence-electron chi connectivity index (χ0n) is 11.6. The molecular formula is C14H17N3O2. The highest BCUT2D eigenvalue weighted by Crippen LogP contribution is 2.23. The number of pyridine rings is 1. The van der Waals surface area contributed by atoms with Crippen molar-refractivity contribution in [2.24, 2.45) is 7.05 Å². The number of methoxy groups -OCH3 is 1. The number of hydrogen-bond acceptors (Lipinski definition) is 4. The molecule has 0 aliphatic rings. The monoisotopic (exact) mass is 259 g/mol. The Bertz CT molecular complexity index is 617. The van der Waals surface area contributed by atoms with Crippen molar-refractivity contribution in [2.75, 3.05) is 7.11 Å². The van der Waals surface area contributed by atoms with Crippen LogP contribution in [-0.2, 0) is 18.2 Å². The molecule has 2 aromatic rings. The van der Waals surface area contributed by atoms with Crippen LogP contribution in [0.1, 0.15) is 28.7 Å². The molecule has 0 radical (unpaired) electrons. The van der Waals surface area contributed by atoms with Crippen molar-refractivity contribution in [1.29, 1.82) is 0 Å². The molecule has 19 heavy (non-hydrogen) atoms. The topological polar surface area (TPSA) is 57.0 Å². The number of nitrogens with zero attached hydrogens (tertiary/aromatic N) is 3. The van der Waals surface area contributed by atoms with Gasteiger partial charge in [-0.25, -0.2) is 4.79 Å². The fourth-order valence-corrected chi connectivity index (χ4v) is 2.00. The standard InChI is InChI=1S/C14H17N3O2/c1-5-10-6-9(2)11(8-15-10)13-7-12(14(18)19-4)16-17(13)3/h6-8H,5H2,1-4H3. The van der Waals surface area contributed by atoms with E-state index in [1.54, 1.807) is 17.8 Å². The van der Waals surface area contributed by atoms with Crippen LogP contribution >= 0.6 is 0 Å². The van der Waals surface area contributed by atoms with Crippen LogP contribution in [0.5, 0.6) is 0 Å². The third kappa shape index (κ3) is 2.50. The molecule has 0 aliphatic carbocycles. The van der Waals surface area contributed by atoms with Gasteiger partial charge in [-0.05, 0) is 31.0 Å². The number of hydrogen-bond donors (Lipinski definition) is 0. The van der Waals surface area contributed by atoms with Gasteiger partial charge >= 0.3 is 5.97 Å². The number of ether oxygens (including phenoxy) is 1. The van der Waals surface area contributed by atoms with E-state index in [0.29, 0.717) is 5.69 Å². The first kappa shape index (κ1) is 13.3. The van der Waals surface area contributed by atoms with Crippen molar-refractivity contribution in [2.45, 2.75) is 20.3 Å². The summed E-state index contributed by atoms with van der Waals surface area (Å²) in [6, 6.07) is 3.78. The third-order valence-corrected chi connectivity index (χ3v) is 3.08. The maximum atomic E-state index is 11.5. The molecule has 0 atom stereocenters. The lowest BCUT2D eigenvalue weighted by Gasteiger charge is -2.06. The third-order valence-electron chi connectivity index (χ3n) is 3.08. The van der Waals surface area contributed by atoms with E-state index in [0.717, 1.165) is 28.9 Å². The minimum atomic E-state index is -0.433. The molecule has 0 spiro atoms. The molecule has 0 N–H and O–H groups in total. The highest BCUT2D eigenvalue weighted by atomic mass is 16.5. The maximum Gasteiger partial charge on any atom is 0.358 e. The van der Waals surface area contributed by atoms with Gasteiger partial charge in [-0.3, -0.25) is 9.67 Å². The van der Waals surface area contributed by atoms with E-state index >= 15 is 0 Å². The Morgan fingerprint density at radius 3 is 2.74 bits per heavy atom. The molecule has 5 heteroatoms. The smallest absolute Gasteiger partial charge is 0.358 e. The van der Waals surface area contributed by atoms with Crippen LogP contribution in [0.4, 0.5) is 0 Å². The molecule has 0 saturated heterocycles. The second kappa shape index (κ2) is 5.22. The first-order valence-electron chi connectivity index (χ1n) is 6.15. The summed E-state index contributed by atoms with van der Waals surface area (Å²) in [6.07, 6.45) is 2.73. The van der Waals surface area contributed by atoms with E-state index in [2.05, 4.69) is 27.8 Å². The van der Waals surface area contributed by atoms with Crippen molar-refractivity contribution in [3.63, 3.8) is 0 Å². The van der Waals surface area contributed by atoms with Crippen LogP contribution in [0.25, 0.3) is 11.3 Å². The van der Waals surface area contributed by atoms with Gasteiger partial charge in [0.15, 0.2) is 5.69 Å². The number of carbonyl (C=O) groups is 1. The zero-order valence-corrected chi connectivity index (χ0v) is 11.6. The zero-order chi connectivity index (χ0) is 14.0. The average molecular weight is 259 g/mol. The number of esters is 1. The summed E-state index contributed by atoms with van der Waals surface area (Å²) >= 11 is 0. The number of carbonyl (C=O) groups excluding carboxylic acids is 1. The maximum absolute atomic E-state index is 11.5. The lowest BCUT2D eigenvalue weighted by atomic mass is 10.1. The van der Waals surface area contributed by atoms with Gasteiger partial charge < -0.3 is 4.74 Å². The molecule has 0 saturated carbocycles. The van der Waals surface area contributed by atoms with Gasteiger partial charge in [0, 0.05) is 24.5 Å². The van der Waals surface area contributed by atoms with Crippen molar-refractivity contribution < 1.29 is 9.53 Å². The summed E-state index contributed by atoms with van der Waals surface area (Å²) in [5.74, 6) is -0.433. The van der Waals surface area contributed by atoms with E-state index in [1.807, 2.05) is 13.1 Å². The molecule has 0 amide bonds. The molecule has 5 nitrogen and oxygen atoms in total. The van der Waals surface area contributed by atoms with Crippen LogP contribution in [0.2, 0.25) is 0 Å². The minimum absolute atomic E-state index is 0.305. The van der Waals surface area contributed by atoms with Gasteiger partial charge in [-0.15, -0.1) is 0 Å². The second-order valence-electron chi connectivity index (χ2n) is 4.37. The molecular weight excluding hydrogens is 242 g/mol. The first-order valence-corrected chi connectivity index (χ1v) is 6.15. The van der Waals surface area contributed by atoms with Gasteiger partial charge in [-0.1, -0.05) is 6.92 Å². The predicted molar refractivity (Wildman–Crippen MR) is 71.9 cm³/mol. The SMILES string of the molecule is CCc1cc(C)c(-c2cc(C(=O)OC)nn2C)cn1. The largest absolute Gasteiger partial charge is 0.464 e.